The third-order valence-corrected chi connectivity index (χ3v) is 3.76. The van der Waals surface area contributed by atoms with Gasteiger partial charge >= 0.3 is 5.97 Å². The fourth-order valence-electron chi connectivity index (χ4n) is 2.71. The fraction of sp³-hybridized carbons (Fsp3) is 0.588. The summed E-state index contributed by atoms with van der Waals surface area (Å²) >= 11 is 0. The number of hydrogen-bond donors (Lipinski definition) is 0. The first kappa shape index (κ1) is 18.9. The standard InChI is InChI=1S/C17H25NO5/c1-6-8-11(18-23-9-7-2)13-12(19)10-17(3,4)14(15(13)20)16(21)22-5/h7,14,20H,2,6,8-10H2,1,3-5H3/p-1. The normalized spacial score (nSPS) is 21.1. The molecule has 0 N–H and O–H groups in total. The number of methoxy groups -OCH3 is 1. The molecule has 0 amide bonds. The number of ketones is 1. The van der Waals surface area contributed by atoms with Crippen LogP contribution >= 0.6 is 0 Å². The summed E-state index contributed by atoms with van der Waals surface area (Å²) in [5.74, 6) is -2.49. The molecule has 0 aromatic rings. The quantitative estimate of drug-likeness (QED) is 0.234. The highest BCUT2D eigenvalue weighted by Crippen LogP contribution is 2.41. The van der Waals surface area contributed by atoms with Crippen molar-refractivity contribution in [2.75, 3.05) is 13.7 Å². The molecule has 1 unspecified atom stereocenters. The van der Waals surface area contributed by atoms with E-state index in [4.69, 9.17) is 9.57 Å². The number of hydrogen-bond acceptors (Lipinski definition) is 6. The Kier molecular flexibility index (Phi) is 6.54. The summed E-state index contributed by atoms with van der Waals surface area (Å²) in [5, 5.41) is 16.7. The van der Waals surface area contributed by atoms with E-state index >= 15 is 0 Å². The predicted octanol–water partition coefficient (Wildman–Crippen LogP) is 1.75. The predicted molar refractivity (Wildman–Crippen MR) is 84.4 cm³/mol. The van der Waals surface area contributed by atoms with Gasteiger partial charge in [0.05, 0.1) is 18.7 Å². The molecule has 0 radical (unpaired) electrons. The molecule has 0 aromatic carbocycles. The number of oxime groups is 1. The number of rotatable bonds is 7. The lowest BCUT2D eigenvalue weighted by Crippen LogP contribution is -2.45. The minimum atomic E-state index is -1.01. The monoisotopic (exact) mass is 322 g/mol. The Morgan fingerprint density at radius 3 is 2.70 bits per heavy atom. The van der Waals surface area contributed by atoms with E-state index < -0.39 is 23.1 Å². The van der Waals surface area contributed by atoms with Crippen molar-refractivity contribution in [1.29, 1.82) is 0 Å². The largest absolute Gasteiger partial charge is 0.874 e. The van der Waals surface area contributed by atoms with E-state index in [2.05, 4.69) is 11.7 Å². The molecule has 128 valence electrons. The van der Waals surface area contributed by atoms with Crippen molar-refractivity contribution >= 4 is 17.5 Å². The summed E-state index contributed by atoms with van der Waals surface area (Å²) in [6, 6.07) is 0. The first-order valence-corrected chi connectivity index (χ1v) is 7.62. The van der Waals surface area contributed by atoms with E-state index in [1.165, 1.54) is 13.2 Å². The lowest BCUT2D eigenvalue weighted by Gasteiger charge is -2.41. The van der Waals surface area contributed by atoms with Crippen LogP contribution in [0.3, 0.4) is 0 Å². The molecule has 23 heavy (non-hydrogen) atoms. The van der Waals surface area contributed by atoms with Gasteiger partial charge in [-0.1, -0.05) is 45.0 Å². The summed E-state index contributed by atoms with van der Waals surface area (Å²) in [4.78, 5) is 29.5. The average Bonchev–Trinajstić information content (AvgIpc) is 2.45. The van der Waals surface area contributed by atoms with Crippen LogP contribution in [0.15, 0.2) is 29.1 Å². The summed E-state index contributed by atoms with van der Waals surface area (Å²) < 4.78 is 4.75. The Morgan fingerprint density at radius 1 is 1.52 bits per heavy atom. The molecule has 0 aromatic heterocycles. The zero-order valence-corrected chi connectivity index (χ0v) is 14.2. The van der Waals surface area contributed by atoms with Gasteiger partial charge in [0.2, 0.25) is 0 Å². The molecule has 0 heterocycles. The highest BCUT2D eigenvalue weighted by molar-refractivity contribution is 6.23. The molecular formula is C17H24NO5-. The molecule has 1 rings (SSSR count). The van der Waals surface area contributed by atoms with Crippen LogP contribution in [0.5, 0.6) is 0 Å². The second-order valence-electron chi connectivity index (χ2n) is 6.16. The average molecular weight is 322 g/mol. The van der Waals surface area contributed by atoms with Gasteiger partial charge in [-0.05, 0) is 11.8 Å². The number of nitrogens with zero attached hydrogens (tertiary/aromatic N) is 1. The highest BCUT2D eigenvalue weighted by atomic mass is 16.6. The van der Waals surface area contributed by atoms with Crippen LogP contribution in [0.4, 0.5) is 0 Å². The maximum atomic E-state index is 12.8. The molecule has 0 saturated heterocycles. The van der Waals surface area contributed by atoms with Crippen LogP contribution in [0.1, 0.15) is 40.0 Å². The second kappa shape index (κ2) is 7.94. The van der Waals surface area contributed by atoms with Crippen LogP contribution in [-0.2, 0) is 19.2 Å². The number of carbonyl (C=O) groups is 2. The van der Waals surface area contributed by atoms with E-state index in [9.17, 15) is 14.7 Å². The first-order chi connectivity index (χ1) is 10.8. The van der Waals surface area contributed by atoms with Gasteiger partial charge in [0.15, 0.2) is 5.78 Å². The van der Waals surface area contributed by atoms with E-state index in [1.54, 1.807) is 13.8 Å². The molecule has 0 spiro atoms. The Labute approximate surface area is 136 Å². The summed E-state index contributed by atoms with van der Waals surface area (Å²) in [6.45, 7) is 9.03. The fourth-order valence-corrected chi connectivity index (χ4v) is 2.71. The van der Waals surface area contributed by atoms with Gasteiger partial charge in [-0.2, -0.15) is 0 Å². The SMILES string of the molecule is C=CCON=C(CCC)C1=C([O-])C(C(=O)OC)C(C)(C)CC1=O. The molecule has 1 aliphatic carbocycles. The number of allylic oxidation sites excluding steroid dienone is 1. The third kappa shape index (κ3) is 4.21. The van der Waals surface area contributed by atoms with Crippen molar-refractivity contribution in [2.45, 2.75) is 40.0 Å². The number of carbonyl (C=O) groups excluding carboxylic acids is 2. The van der Waals surface area contributed by atoms with Crippen LogP contribution in [0, 0.1) is 11.3 Å². The van der Waals surface area contributed by atoms with Crippen molar-refractivity contribution in [3.05, 3.63) is 24.0 Å². The highest BCUT2D eigenvalue weighted by Gasteiger charge is 2.43. The van der Waals surface area contributed by atoms with Crippen LogP contribution < -0.4 is 5.11 Å². The van der Waals surface area contributed by atoms with E-state index in [1.807, 2.05) is 6.92 Å². The zero-order valence-electron chi connectivity index (χ0n) is 14.2. The van der Waals surface area contributed by atoms with Gasteiger partial charge in [-0.3, -0.25) is 9.59 Å². The van der Waals surface area contributed by atoms with Gasteiger partial charge in [-0.25, -0.2) is 0 Å². The lowest BCUT2D eigenvalue weighted by molar-refractivity contribution is -0.321. The van der Waals surface area contributed by atoms with Crippen molar-refractivity contribution in [3.8, 4) is 0 Å². The molecule has 6 nitrogen and oxygen atoms in total. The van der Waals surface area contributed by atoms with Crippen molar-refractivity contribution in [2.24, 2.45) is 16.5 Å². The molecule has 0 saturated carbocycles. The minimum Gasteiger partial charge on any atom is -0.874 e. The van der Waals surface area contributed by atoms with Crippen molar-refractivity contribution < 1.29 is 24.3 Å². The Bertz CT molecular complexity index is 545. The Hall–Kier alpha value is -2.11. The van der Waals surface area contributed by atoms with Crippen molar-refractivity contribution in [3.63, 3.8) is 0 Å². The van der Waals surface area contributed by atoms with Gasteiger partial charge in [-0.15, -0.1) is 5.76 Å². The smallest absolute Gasteiger partial charge is 0.312 e. The maximum Gasteiger partial charge on any atom is 0.312 e. The molecule has 0 bridgehead atoms. The minimum absolute atomic E-state index is 0.0364. The number of esters is 1. The topological polar surface area (TPSA) is 88.0 Å². The zero-order chi connectivity index (χ0) is 17.6. The molecule has 1 atom stereocenters. The Balaban J connectivity index is 3.37. The molecular weight excluding hydrogens is 298 g/mol. The molecule has 0 aliphatic heterocycles. The van der Waals surface area contributed by atoms with Crippen molar-refractivity contribution in [1.82, 2.24) is 0 Å². The molecule has 1 aliphatic rings. The van der Waals surface area contributed by atoms with E-state index in [-0.39, 0.29) is 30.1 Å². The van der Waals surface area contributed by atoms with Gasteiger partial charge in [0.1, 0.15) is 6.61 Å². The van der Waals surface area contributed by atoms with E-state index in [0.29, 0.717) is 12.8 Å². The summed E-state index contributed by atoms with van der Waals surface area (Å²) in [6.07, 6.45) is 2.70. The van der Waals surface area contributed by atoms with E-state index in [0.717, 1.165) is 0 Å². The van der Waals surface area contributed by atoms with Gasteiger partial charge in [0.25, 0.3) is 0 Å². The first-order valence-electron chi connectivity index (χ1n) is 7.62. The van der Waals surface area contributed by atoms with Crippen LogP contribution in [0.25, 0.3) is 0 Å². The summed E-state index contributed by atoms with van der Waals surface area (Å²) in [7, 11) is 1.23. The molecule has 6 heteroatoms. The lowest BCUT2D eigenvalue weighted by atomic mass is 9.67. The van der Waals surface area contributed by atoms with Crippen LogP contribution in [-0.4, -0.2) is 31.2 Å². The second-order valence-corrected chi connectivity index (χ2v) is 6.16. The van der Waals surface area contributed by atoms with Crippen LogP contribution in [0.2, 0.25) is 0 Å². The maximum absolute atomic E-state index is 12.8. The van der Waals surface area contributed by atoms with Gasteiger partial charge < -0.3 is 14.7 Å². The molecule has 0 fully saturated rings. The third-order valence-electron chi connectivity index (χ3n) is 3.76. The number of ether oxygens (including phenoxy) is 1. The Morgan fingerprint density at radius 2 is 2.17 bits per heavy atom. The summed E-state index contributed by atoms with van der Waals surface area (Å²) in [5.41, 5.74) is -0.538. The van der Waals surface area contributed by atoms with Gasteiger partial charge in [0, 0.05) is 12.0 Å². The number of Topliss-reactive ketones (excluding diaryl/α,β-unsaturated/α-hetero) is 1.